The number of hydrogen-bond donors (Lipinski definition) is 0. The fourth-order valence-corrected chi connectivity index (χ4v) is 0.641. The van der Waals surface area contributed by atoms with Crippen molar-refractivity contribution in [2.45, 2.75) is 13.3 Å². The van der Waals surface area contributed by atoms with Gasteiger partial charge < -0.3 is 4.74 Å². The highest BCUT2D eigenvalue weighted by Gasteiger charge is 2.04. The third-order valence-corrected chi connectivity index (χ3v) is 1.45. The predicted molar refractivity (Wildman–Crippen MR) is 49.7 cm³/mol. The Bertz CT molecular complexity index is 224. The van der Waals surface area contributed by atoms with E-state index in [-0.39, 0.29) is 5.97 Å². The molecule has 0 atom stereocenters. The molecule has 0 aromatic heterocycles. The maximum absolute atomic E-state index is 11.0. The van der Waals surface area contributed by atoms with Gasteiger partial charge >= 0.3 is 5.97 Å². The zero-order chi connectivity index (χ0) is 9.56. The summed E-state index contributed by atoms with van der Waals surface area (Å²) < 4.78 is 4.53. The maximum atomic E-state index is 11.0. The summed E-state index contributed by atoms with van der Waals surface area (Å²) in [5.74, 6) is -0.375. The number of methoxy groups -OCH3 is 1. The lowest BCUT2D eigenvalue weighted by Crippen LogP contribution is -2.02. The van der Waals surface area contributed by atoms with Gasteiger partial charge in [-0.2, -0.15) is 0 Å². The molecule has 0 fully saturated rings. The van der Waals surface area contributed by atoms with Gasteiger partial charge in [-0.1, -0.05) is 31.7 Å². The van der Waals surface area contributed by atoms with Crippen molar-refractivity contribution in [1.82, 2.24) is 0 Å². The summed E-state index contributed by atoms with van der Waals surface area (Å²) in [6.07, 6.45) is 3.96. The molecular formula is C10H14O2. The predicted octanol–water partition coefficient (Wildman–Crippen LogP) is 2.24. The van der Waals surface area contributed by atoms with E-state index in [1.165, 1.54) is 13.2 Å². The van der Waals surface area contributed by atoms with Crippen molar-refractivity contribution in [2.75, 3.05) is 7.11 Å². The summed E-state index contributed by atoms with van der Waals surface area (Å²) in [4.78, 5) is 11.0. The number of ether oxygens (including phenoxy) is 1. The van der Waals surface area contributed by atoms with Gasteiger partial charge in [0.1, 0.15) is 0 Å². The summed E-state index contributed by atoms with van der Waals surface area (Å²) >= 11 is 0. The summed E-state index contributed by atoms with van der Waals surface area (Å²) in [6, 6.07) is 0. The molecule has 0 saturated carbocycles. The molecule has 0 heterocycles. The molecule has 0 aliphatic rings. The molecule has 0 bridgehead atoms. The van der Waals surface area contributed by atoms with E-state index in [0.717, 1.165) is 12.0 Å². The Hall–Kier alpha value is -1.31. The van der Waals surface area contributed by atoms with E-state index in [9.17, 15) is 4.79 Å². The van der Waals surface area contributed by atoms with Gasteiger partial charge in [-0.25, -0.2) is 4.79 Å². The summed E-state index contributed by atoms with van der Waals surface area (Å²) in [5.41, 5.74) is 1.33. The van der Waals surface area contributed by atoms with Crippen LogP contribution in [-0.4, -0.2) is 13.1 Å². The minimum atomic E-state index is -0.375. The van der Waals surface area contributed by atoms with Crippen LogP contribution in [0.2, 0.25) is 0 Å². The van der Waals surface area contributed by atoms with Crippen molar-refractivity contribution in [2.24, 2.45) is 0 Å². The number of rotatable bonds is 4. The van der Waals surface area contributed by atoms with Gasteiger partial charge in [-0.05, 0) is 12.5 Å². The summed E-state index contributed by atoms with van der Waals surface area (Å²) in [7, 11) is 1.34. The fourth-order valence-electron chi connectivity index (χ4n) is 0.641. The van der Waals surface area contributed by atoms with Gasteiger partial charge in [0.05, 0.1) is 12.7 Å². The van der Waals surface area contributed by atoms with Gasteiger partial charge in [0.25, 0.3) is 0 Å². The van der Waals surface area contributed by atoms with Crippen molar-refractivity contribution < 1.29 is 9.53 Å². The topological polar surface area (TPSA) is 26.3 Å². The number of carbonyl (C=O) groups excluding carboxylic acids is 1. The highest BCUT2D eigenvalue weighted by atomic mass is 16.5. The highest BCUT2D eigenvalue weighted by molar-refractivity contribution is 5.91. The Kier molecular flexibility index (Phi) is 4.77. The van der Waals surface area contributed by atoms with Crippen LogP contribution in [0.25, 0.3) is 0 Å². The molecular weight excluding hydrogens is 152 g/mol. The molecule has 0 saturated heterocycles. The number of allylic oxidation sites excluding steroid dienone is 2. The monoisotopic (exact) mass is 166 g/mol. The van der Waals surface area contributed by atoms with E-state index >= 15 is 0 Å². The molecule has 0 aliphatic heterocycles. The van der Waals surface area contributed by atoms with E-state index in [1.54, 1.807) is 6.08 Å². The van der Waals surface area contributed by atoms with Crippen LogP contribution in [-0.2, 0) is 9.53 Å². The number of esters is 1. The lowest BCUT2D eigenvalue weighted by Gasteiger charge is -1.99. The third-order valence-electron chi connectivity index (χ3n) is 1.45. The van der Waals surface area contributed by atoms with Crippen LogP contribution in [0.15, 0.2) is 36.5 Å². The molecule has 2 nitrogen and oxygen atoms in total. The summed E-state index contributed by atoms with van der Waals surface area (Å²) in [5, 5.41) is 0. The Morgan fingerprint density at radius 1 is 1.58 bits per heavy atom. The van der Waals surface area contributed by atoms with Gasteiger partial charge in [0.15, 0.2) is 0 Å². The van der Waals surface area contributed by atoms with Gasteiger partial charge in [-0.3, -0.25) is 0 Å². The Labute approximate surface area is 73.2 Å². The minimum absolute atomic E-state index is 0.375. The molecule has 0 unspecified atom stereocenters. The second-order valence-electron chi connectivity index (χ2n) is 2.31. The highest BCUT2D eigenvalue weighted by Crippen LogP contribution is 2.06. The van der Waals surface area contributed by atoms with Crippen LogP contribution in [0, 0.1) is 0 Å². The SMILES string of the molecule is C=CC(=CC(=C)CC)C(=O)OC. The lowest BCUT2D eigenvalue weighted by atomic mass is 10.1. The molecule has 0 rings (SSSR count). The number of carbonyl (C=O) groups is 1. The zero-order valence-electron chi connectivity index (χ0n) is 7.59. The van der Waals surface area contributed by atoms with Crippen LogP contribution in [0.4, 0.5) is 0 Å². The van der Waals surface area contributed by atoms with Crippen LogP contribution in [0.5, 0.6) is 0 Å². The quantitative estimate of drug-likeness (QED) is 0.363. The Morgan fingerprint density at radius 3 is 2.50 bits per heavy atom. The lowest BCUT2D eigenvalue weighted by molar-refractivity contribution is -0.135. The number of hydrogen-bond acceptors (Lipinski definition) is 2. The van der Waals surface area contributed by atoms with Crippen molar-refractivity contribution in [1.29, 1.82) is 0 Å². The van der Waals surface area contributed by atoms with Gasteiger partial charge in [-0.15, -0.1) is 0 Å². The van der Waals surface area contributed by atoms with E-state index < -0.39 is 0 Å². The first-order valence-corrected chi connectivity index (χ1v) is 3.75. The standard InChI is InChI=1S/C10H14O2/c1-5-8(3)7-9(6-2)10(11)12-4/h6-7H,2-3,5H2,1,4H3. The third kappa shape index (κ3) is 3.19. The normalized spacial score (nSPS) is 10.7. The Balaban J connectivity index is 4.54. The second kappa shape index (κ2) is 5.35. The largest absolute Gasteiger partial charge is 0.465 e. The molecule has 2 heteroatoms. The molecule has 0 aromatic rings. The second-order valence-corrected chi connectivity index (χ2v) is 2.31. The van der Waals surface area contributed by atoms with E-state index in [4.69, 9.17) is 0 Å². The van der Waals surface area contributed by atoms with Crippen LogP contribution >= 0.6 is 0 Å². The summed E-state index contributed by atoms with van der Waals surface area (Å²) in [6.45, 7) is 9.22. The van der Waals surface area contributed by atoms with Crippen LogP contribution in [0.1, 0.15) is 13.3 Å². The van der Waals surface area contributed by atoms with E-state index in [2.05, 4.69) is 17.9 Å². The zero-order valence-corrected chi connectivity index (χ0v) is 7.59. The molecule has 0 amide bonds. The van der Waals surface area contributed by atoms with Crippen LogP contribution < -0.4 is 0 Å². The fraction of sp³-hybridized carbons (Fsp3) is 0.300. The molecule has 0 aliphatic carbocycles. The average Bonchev–Trinajstić information content (AvgIpc) is 2.12. The van der Waals surface area contributed by atoms with Gasteiger partial charge in [0.2, 0.25) is 0 Å². The van der Waals surface area contributed by atoms with Crippen molar-refractivity contribution >= 4 is 5.97 Å². The maximum Gasteiger partial charge on any atom is 0.337 e. The van der Waals surface area contributed by atoms with E-state index in [1.807, 2.05) is 6.92 Å². The molecule has 0 aromatic carbocycles. The smallest absolute Gasteiger partial charge is 0.337 e. The molecule has 66 valence electrons. The Morgan fingerprint density at radius 2 is 2.17 bits per heavy atom. The molecule has 0 N–H and O–H groups in total. The average molecular weight is 166 g/mol. The molecule has 0 spiro atoms. The molecule has 0 radical (unpaired) electrons. The van der Waals surface area contributed by atoms with Crippen molar-refractivity contribution in [3.05, 3.63) is 36.5 Å². The minimum Gasteiger partial charge on any atom is -0.465 e. The van der Waals surface area contributed by atoms with E-state index in [0.29, 0.717) is 5.57 Å². The molecule has 12 heavy (non-hydrogen) atoms. The van der Waals surface area contributed by atoms with Crippen molar-refractivity contribution in [3.8, 4) is 0 Å². The first-order chi connectivity index (χ1) is 5.65. The first kappa shape index (κ1) is 10.7. The van der Waals surface area contributed by atoms with Crippen molar-refractivity contribution in [3.63, 3.8) is 0 Å². The first-order valence-electron chi connectivity index (χ1n) is 3.75. The van der Waals surface area contributed by atoms with Crippen LogP contribution in [0.3, 0.4) is 0 Å². The van der Waals surface area contributed by atoms with Gasteiger partial charge in [0, 0.05) is 0 Å².